The summed E-state index contributed by atoms with van der Waals surface area (Å²) in [6.07, 6.45) is 0. The molecule has 0 N–H and O–H groups in total. The number of hydrogen-bond acceptors (Lipinski definition) is 1. The van der Waals surface area contributed by atoms with Crippen LogP contribution in [0.2, 0.25) is 0 Å². The van der Waals surface area contributed by atoms with Crippen LogP contribution in [0.15, 0.2) is 206 Å². The molecule has 12 aromatic rings. The molecule has 0 aliphatic heterocycles. The van der Waals surface area contributed by atoms with Crippen LogP contribution in [0.3, 0.4) is 0 Å². The van der Waals surface area contributed by atoms with Crippen LogP contribution in [0.4, 0.5) is 0 Å². The molecule has 3 heterocycles. The Hall–Kier alpha value is -7.20. The topological polar surface area (TPSA) is 9.86 Å². The van der Waals surface area contributed by atoms with Crippen LogP contribution in [0, 0.1) is 0 Å². The Kier molecular flexibility index (Phi) is 3.27. The first-order chi connectivity index (χ1) is 40.4. The SMILES string of the molecule is [2H]c1c([2H])c([2H])c(-c2c([2H])c([2H])c([2H])c(-n3c4c([2H])c([2H])c([2H])c([2H])c4c4c([2H])c(-c5c([2H])c([2H])c6c(c5[2H])c5c([2H])c([2H])c([2H])c([2H])c5n6-c5c([2H])c([2H])c([2H])c6sc7c(-c8ccccc8)c([2H])c([2H])c([2H])c7c56)c([2H])c([2H])c43)c2[2H])c([2H])c1[2H]. The van der Waals surface area contributed by atoms with Crippen LogP contribution in [0.25, 0.3) is 109 Å². The molecular weight excluding hydrogens is 709 g/mol. The molecule has 0 atom stereocenters. The Balaban J connectivity index is 1.26. The van der Waals surface area contributed by atoms with Gasteiger partial charge in [0.15, 0.2) is 0 Å². The first-order valence-electron chi connectivity index (χ1n) is 31.7. The summed E-state index contributed by atoms with van der Waals surface area (Å²) in [4.78, 5) is 0. The molecule has 0 saturated carbocycles. The molecule has 0 amide bonds. The van der Waals surface area contributed by atoms with Crippen molar-refractivity contribution in [2.24, 2.45) is 0 Å². The maximum atomic E-state index is 10.1. The zero-order chi connectivity index (χ0) is 62.7. The first-order valence-corrected chi connectivity index (χ1v) is 18.0. The third kappa shape index (κ3) is 4.96. The quantitative estimate of drug-likeness (QED) is 0.165. The highest BCUT2D eigenvalue weighted by atomic mass is 32.1. The maximum absolute atomic E-state index is 10.1. The fourth-order valence-corrected chi connectivity index (χ4v) is 8.24. The van der Waals surface area contributed by atoms with E-state index in [4.69, 9.17) is 19.2 Å². The highest BCUT2D eigenvalue weighted by Crippen LogP contribution is 2.45. The molecule has 57 heavy (non-hydrogen) atoms. The van der Waals surface area contributed by atoms with Crippen molar-refractivity contribution in [3.8, 4) is 44.8 Å². The largest absolute Gasteiger partial charge is 0.309 e. The van der Waals surface area contributed by atoms with E-state index < -0.39 is 246 Å². The molecule has 0 aliphatic carbocycles. The van der Waals surface area contributed by atoms with E-state index >= 15 is 0 Å². The van der Waals surface area contributed by atoms with Gasteiger partial charge >= 0.3 is 0 Å². The number of aromatic nitrogens is 2. The van der Waals surface area contributed by atoms with Crippen LogP contribution in [0.5, 0.6) is 0 Å². The van der Waals surface area contributed by atoms with Gasteiger partial charge in [0.1, 0.15) is 0 Å². The Bertz CT molecular complexity index is 5190. The number of rotatable bonds is 5. The van der Waals surface area contributed by atoms with Crippen molar-refractivity contribution >= 4 is 75.1 Å². The molecular formula is C54H34N2S. The zero-order valence-electron chi connectivity index (χ0n) is 57.7. The summed E-state index contributed by atoms with van der Waals surface area (Å²) < 4.78 is 268. The Morgan fingerprint density at radius 2 is 0.965 bits per heavy atom. The minimum atomic E-state index is -1.07. The predicted octanol–water partition coefficient (Wildman–Crippen LogP) is 15.2. The van der Waals surface area contributed by atoms with Crippen LogP contribution < -0.4 is 0 Å². The van der Waals surface area contributed by atoms with Gasteiger partial charge in [0, 0.05) is 47.4 Å². The summed E-state index contributed by atoms with van der Waals surface area (Å²) in [5.41, 5.74) is -6.52. The van der Waals surface area contributed by atoms with E-state index in [9.17, 15) is 20.6 Å². The number of benzene rings is 9. The maximum Gasteiger partial charge on any atom is 0.0651 e. The molecule has 0 fully saturated rings. The molecule has 3 heteroatoms. The van der Waals surface area contributed by atoms with Crippen LogP contribution in [-0.2, 0) is 0 Å². The highest BCUT2D eigenvalue weighted by Gasteiger charge is 2.20. The highest BCUT2D eigenvalue weighted by molar-refractivity contribution is 7.26. The average Bonchev–Trinajstić information content (AvgIpc) is 1.51. The van der Waals surface area contributed by atoms with Crippen molar-refractivity contribution in [2.75, 3.05) is 0 Å². The van der Waals surface area contributed by atoms with E-state index in [0.717, 1.165) is 15.9 Å². The lowest BCUT2D eigenvalue weighted by Crippen LogP contribution is -1.94. The summed E-state index contributed by atoms with van der Waals surface area (Å²) in [5.74, 6) is 0. The summed E-state index contributed by atoms with van der Waals surface area (Å²) in [6.45, 7) is 0. The third-order valence-corrected chi connectivity index (χ3v) is 10.7. The summed E-state index contributed by atoms with van der Waals surface area (Å²) in [6, 6.07) is -16.9. The number of fused-ring (bicyclic) bond motifs is 9. The third-order valence-electron chi connectivity index (χ3n) is 9.54. The van der Waals surface area contributed by atoms with Crippen molar-refractivity contribution in [2.45, 2.75) is 0 Å². The molecule has 266 valence electrons. The standard InChI is InChI=1S/C54H34N2S/c1-3-14-35(15-4-1)37-18-11-19-40(32-37)55-47-24-9-7-20-42(47)45-33-38(28-30-49(45)55)39-29-31-50-46(34-39)43-21-8-10-25-48(43)56(50)51-26-13-27-52-53(51)44-23-12-22-41(54(44)57-52)36-16-5-2-6-17-36/h1-34H/i1D,3D,4D,7D,8D,9D,10D,11D,12D,13D,14D,15D,18D,19D,20D,21D,22D,23D,24D,25D,26D,27D,28D,29D,30D,31D,32D,33D,34D. The fraction of sp³-hybridized carbons (Fsp3) is 0. The molecule has 0 unspecified atom stereocenters. The van der Waals surface area contributed by atoms with Crippen molar-refractivity contribution in [1.29, 1.82) is 0 Å². The van der Waals surface area contributed by atoms with E-state index in [1.54, 1.807) is 30.3 Å². The van der Waals surface area contributed by atoms with E-state index in [1.165, 1.54) is 0 Å². The summed E-state index contributed by atoms with van der Waals surface area (Å²) in [7, 11) is 0. The summed E-state index contributed by atoms with van der Waals surface area (Å²) in [5, 5.41) is -2.69. The first kappa shape index (κ1) is 14.7. The molecule has 3 aromatic heterocycles. The molecule has 0 aliphatic rings. The van der Waals surface area contributed by atoms with Gasteiger partial charge in [0.05, 0.1) is 67.5 Å². The molecule has 0 spiro atoms. The van der Waals surface area contributed by atoms with Gasteiger partial charge in [-0.25, -0.2) is 0 Å². The second-order valence-corrected chi connectivity index (χ2v) is 13.7. The monoisotopic (exact) mass is 771 g/mol. The van der Waals surface area contributed by atoms with Gasteiger partial charge in [-0.15, -0.1) is 11.3 Å². The van der Waals surface area contributed by atoms with Gasteiger partial charge in [-0.05, 0) is 93.8 Å². The smallest absolute Gasteiger partial charge is 0.0651 e. The molecule has 2 nitrogen and oxygen atoms in total. The van der Waals surface area contributed by atoms with Crippen molar-refractivity contribution in [3.63, 3.8) is 0 Å². The second kappa shape index (κ2) is 12.7. The van der Waals surface area contributed by atoms with Crippen LogP contribution in [-0.4, -0.2) is 9.13 Å². The lowest BCUT2D eigenvalue weighted by atomic mass is 10.0. The lowest BCUT2D eigenvalue weighted by Gasteiger charge is -2.11. The number of para-hydroxylation sites is 2. The normalized spacial score (nSPS) is 19.0. The molecule has 0 bridgehead atoms. The number of hydrogen-bond donors (Lipinski definition) is 0. The zero-order valence-corrected chi connectivity index (χ0v) is 29.5. The number of nitrogens with zero attached hydrogens (tertiary/aromatic N) is 2. The summed E-state index contributed by atoms with van der Waals surface area (Å²) >= 11 is 0.848. The van der Waals surface area contributed by atoms with Gasteiger partial charge in [-0.3, -0.25) is 0 Å². The van der Waals surface area contributed by atoms with Gasteiger partial charge in [-0.2, -0.15) is 0 Å². The number of thiophene rings is 1. The van der Waals surface area contributed by atoms with Gasteiger partial charge in [0.25, 0.3) is 0 Å². The van der Waals surface area contributed by atoms with Crippen LogP contribution >= 0.6 is 11.3 Å². The van der Waals surface area contributed by atoms with Crippen molar-refractivity contribution < 1.29 is 39.8 Å². The van der Waals surface area contributed by atoms with E-state index in [-0.39, 0.29) is 31.8 Å². The van der Waals surface area contributed by atoms with Crippen molar-refractivity contribution in [3.05, 3.63) is 206 Å². The van der Waals surface area contributed by atoms with Crippen LogP contribution in [0.1, 0.15) is 39.8 Å². The molecule has 0 saturated heterocycles. The minimum Gasteiger partial charge on any atom is -0.309 e. The average molecular weight is 772 g/mol. The Morgan fingerprint density at radius 1 is 0.386 bits per heavy atom. The van der Waals surface area contributed by atoms with Gasteiger partial charge < -0.3 is 9.13 Å². The van der Waals surface area contributed by atoms with Gasteiger partial charge in [0.2, 0.25) is 0 Å². The molecule has 9 aromatic carbocycles. The fourth-order valence-electron chi connectivity index (χ4n) is 7.11. The lowest BCUT2D eigenvalue weighted by molar-refractivity contribution is 1.18. The predicted molar refractivity (Wildman–Crippen MR) is 244 cm³/mol. The second-order valence-electron chi connectivity index (χ2n) is 12.6. The molecule has 12 rings (SSSR count). The Morgan fingerprint density at radius 3 is 1.72 bits per heavy atom. The minimum absolute atomic E-state index is 0.0797. The Labute approximate surface area is 374 Å². The van der Waals surface area contributed by atoms with Crippen molar-refractivity contribution in [1.82, 2.24) is 9.13 Å². The molecule has 0 radical (unpaired) electrons. The van der Waals surface area contributed by atoms with Gasteiger partial charge in [-0.1, -0.05) is 145 Å². The van der Waals surface area contributed by atoms with E-state index in [2.05, 4.69) is 0 Å². The van der Waals surface area contributed by atoms with E-state index in [1.807, 2.05) is 0 Å². The van der Waals surface area contributed by atoms with E-state index in [0.29, 0.717) is 10.1 Å².